The number of pyridine rings is 1. The molecule has 0 saturated carbocycles. The van der Waals surface area contributed by atoms with Crippen molar-refractivity contribution in [3.63, 3.8) is 0 Å². The van der Waals surface area contributed by atoms with E-state index in [2.05, 4.69) is 39.5 Å². The Morgan fingerprint density at radius 1 is 1.03 bits per heavy atom. The first-order valence-electron chi connectivity index (χ1n) is 10.6. The number of nitrogens with zero attached hydrogens (tertiary/aromatic N) is 3. The molecular formula is C24H26Cl2N4O2S. The van der Waals surface area contributed by atoms with Gasteiger partial charge in [-0.05, 0) is 55.6 Å². The molecule has 1 amide bonds. The quantitative estimate of drug-likeness (QED) is 0.545. The molecule has 9 heteroatoms. The lowest BCUT2D eigenvalue weighted by atomic mass is 9.89. The Kier molecular flexibility index (Phi) is 8.59. The number of carbonyl (C=O) groups is 2. The normalized spacial score (nSPS) is 15.8. The van der Waals surface area contributed by atoms with Gasteiger partial charge in [-0.3, -0.25) is 18.9 Å². The summed E-state index contributed by atoms with van der Waals surface area (Å²) < 4.78 is 2.02. The number of ketones is 1. The highest BCUT2D eigenvalue weighted by Gasteiger charge is 2.23. The summed E-state index contributed by atoms with van der Waals surface area (Å²) in [6, 6.07) is 16.4. The van der Waals surface area contributed by atoms with Crippen molar-refractivity contribution >= 4 is 60.0 Å². The summed E-state index contributed by atoms with van der Waals surface area (Å²) in [6.07, 6.45) is 5.71. The number of hydrogen-bond acceptors (Lipinski definition) is 5. The number of amides is 1. The number of benzene rings is 1. The fourth-order valence-corrected chi connectivity index (χ4v) is 5.33. The third-order valence-corrected chi connectivity index (χ3v) is 6.99. The standard InChI is InChI=1S/C24H24N4O2S.2ClH/c29-20(16-27-11-9-18(10-12-27)17-5-2-1-3-6-17)15-26-24(30)21-13-19-14-25-22-7-4-8-23(31-21)28(19)22;;/h1-8,13-14,18H,9-12,15-16H2,(H,26,30);2*1H. The number of imidazole rings is 1. The number of rotatable bonds is 6. The van der Waals surface area contributed by atoms with Gasteiger partial charge in [0.15, 0.2) is 5.78 Å². The summed E-state index contributed by atoms with van der Waals surface area (Å²) >= 11 is 1.40. The average Bonchev–Trinajstić information content (AvgIpc) is 3.23. The lowest BCUT2D eigenvalue weighted by Crippen LogP contribution is -2.40. The smallest absolute Gasteiger partial charge is 0.258 e. The number of piperidine rings is 1. The van der Waals surface area contributed by atoms with Crippen LogP contribution in [-0.4, -0.2) is 52.2 Å². The number of halogens is 2. The molecule has 6 nitrogen and oxygen atoms in total. The second kappa shape index (κ2) is 11.2. The minimum Gasteiger partial charge on any atom is -0.344 e. The molecule has 1 N–H and O–H groups in total. The SMILES string of the molecule is Cl.Cl.O=C(CNC(=O)C1=Cc2cnc3cccc(n23)S1)CN1CCC(c2ccccc2)CC1. The zero-order valence-electron chi connectivity index (χ0n) is 18.0. The molecule has 0 radical (unpaired) electrons. The molecule has 3 aromatic rings. The highest BCUT2D eigenvalue weighted by molar-refractivity contribution is 8.04. The van der Waals surface area contributed by atoms with Crippen LogP contribution in [0.2, 0.25) is 0 Å². The maximum Gasteiger partial charge on any atom is 0.258 e. The minimum absolute atomic E-state index is 0. The van der Waals surface area contributed by atoms with Crippen molar-refractivity contribution in [2.24, 2.45) is 0 Å². The van der Waals surface area contributed by atoms with E-state index < -0.39 is 0 Å². The first-order chi connectivity index (χ1) is 15.2. The summed E-state index contributed by atoms with van der Waals surface area (Å²) in [4.78, 5) is 32.3. The van der Waals surface area contributed by atoms with Crippen LogP contribution in [-0.2, 0) is 9.59 Å². The molecule has 2 aliphatic rings. The zero-order valence-corrected chi connectivity index (χ0v) is 20.4. The monoisotopic (exact) mass is 504 g/mol. The minimum atomic E-state index is -0.217. The Morgan fingerprint density at radius 3 is 2.55 bits per heavy atom. The van der Waals surface area contributed by atoms with E-state index >= 15 is 0 Å². The van der Waals surface area contributed by atoms with Gasteiger partial charge in [0.05, 0.1) is 34.9 Å². The van der Waals surface area contributed by atoms with Crippen LogP contribution in [0.3, 0.4) is 0 Å². The Balaban J connectivity index is 0.00000153. The summed E-state index contributed by atoms with van der Waals surface area (Å²) in [5.41, 5.74) is 3.13. The van der Waals surface area contributed by atoms with Crippen molar-refractivity contribution in [1.82, 2.24) is 19.6 Å². The molecule has 0 bridgehead atoms. The molecule has 5 rings (SSSR count). The summed E-state index contributed by atoms with van der Waals surface area (Å²) in [5.74, 6) is 0.395. The second-order valence-electron chi connectivity index (χ2n) is 8.03. The molecule has 174 valence electrons. The molecule has 0 atom stereocenters. The molecule has 33 heavy (non-hydrogen) atoms. The zero-order chi connectivity index (χ0) is 21.2. The van der Waals surface area contributed by atoms with Gasteiger partial charge in [0.1, 0.15) is 5.65 Å². The number of likely N-dealkylation sites (tertiary alicyclic amines) is 1. The molecular weight excluding hydrogens is 479 g/mol. The van der Waals surface area contributed by atoms with Crippen molar-refractivity contribution in [2.45, 2.75) is 23.8 Å². The molecule has 1 aromatic carbocycles. The predicted octanol–water partition coefficient (Wildman–Crippen LogP) is 4.19. The summed E-state index contributed by atoms with van der Waals surface area (Å²) in [7, 11) is 0. The average molecular weight is 505 g/mol. The molecule has 2 aliphatic heterocycles. The maximum absolute atomic E-state index is 12.6. The van der Waals surface area contributed by atoms with E-state index in [4.69, 9.17) is 0 Å². The first kappa shape index (κ1) is 25.3. The van der Waals surface area contributed by atoms with Gasteiger partial charge in [-0.15, -0.1) is 24.8 Å². The van der Waals surface area contributed by atoms with Crippen molar-refractivity contribution in [2.75, 3.05) is 26.2 Å². The largest absolute Gasteiger partial charge is 0.344 e. The Bertz CT molecular complexity index is 1160. The van der Waals surface area contributed by atoms with Crippen molar-refractivity contribution in [3.8, 4) is 0 Å². The van der Waals surface area contributed by atoms with Crippen molar-refractivity contribution < 1.29 is 9.59 Å². The molecule has 0 aliphatic carbocycles. The lowest BCUT2D eigenvalue weighted by molar-refractivity contribution is -0.123. The summed E-state index contributed by atoms with van der Waals surface area (Å²) in [6.45, 7) is 2.27. The van der Waals surface area contributed by atoms with Crippen LogP contribution in [0.4, 0.5) is 0 Å². The van der Waals surface area contributed by atoms with Gasteiger partial charge in [0.2, 0.25) is 0 Å². The number of aromatic nitrogens is 2. The van der Waals surface area contributed by atoms with Crippen LogP contribution in [0.25, 0.3) is 11.7 Å². The van der Waals surface area contributed by atoms with E-state index in [0.29, 0.717) is 17.4 Å². The van der Waals surface area contributed by atoms with Crippen LogP contribution in [0, 0.1) is 0 Å². The van der Waals surface area contributed by atoms with Gasteiger partial charge < -0.3 is 5.32 Å². The van der Waals surface area contributed by atoms with E-state index in [1.807, 2.05) is 34.7 Å². The van der Waals surface area contributed by atoms with Gasteiger partial charge >= 0.3 is 0 Å². The van der Waals surface area contributed by atoms with E-state index in [1.165, 1.54) is 17.3 Å². The molecule has 4 heterocycles. The van der Waals surface area contributed by atoms with Crippen LogP contribution in [0.15, 0.2) is 64.7 Å². The number of carbonyl (C=O) groups excluding carboxylic acids is 2. The highest BCUT2D eigenvalue weighted by atomic mass is 35.5. The third-order valence-electron chi connectivity index (χ3n) is 5.94. The Hall–Kier alpha value is -2.32. The number of nitrogens with one attached hydrogen (secondary N) is 1. The first-order valence-corrected chi connectivity index (χ1v) is 11.4. The van der Waals surface area contributed by atoms with Crippen LogP contribution in [0.1, 0.15) is 30.0 Å². The molecule has 0 spiro atoms. The van der Waals surface area contributed by atoms with Crippen molar-refractivity contribution in [3.05, 3.63) is 70.9 Å². The van der Waals surface area contributed by atoms with Crippen LogP contribution < -0.4 is 5.32 Å². The third kappa shape index (κ3) is 5.61. The van der Waals surface area contributed by atoms with Gasteiger partial charge in [-0.2, -0.15) is 0 Å². The predicted molar refractivity (Wildman–Crippen MR) is 136 cm³/mol. The summed E-state index contributed by atoms with van der Waals surface area (Å²) in [5, 5.41) is 3.75. The van der Waals surface area contributed by atoms with Crippen LogP contribution in [0.5, 0.6) is 0 Å². The second-order valence-corrected chi connectivity index (χ2v) is 9.10. The fraction of sp³-hybridized carbons (Fsp3) is 0.292. The van der Waals surface area contributed by atoms with Gasteiger partial charge in [-0.25, -0.2) is 4.98 Å². The van der Waals surface area contributed by atoms with E-state index in [9.17, 15) is 9.59 Å². The van der Waals surface area contributed by atoms with Crippen LogP contribution >= 0.6 is 36.6 Å². The van der Waals surface area contributed by atoms with Crippen molar-refractivity contribution in [1.29, 1.82) is 0 Å². The highest BCUT2D eigenvalue weighted by Crippen LogP contribution is 2.34. The van der Waals surface area contributed by atoms with Gasteiger partial charge in [0.25, 0.3) is 5.91 Å². The topological polar surface area (TPSA) is 66.7 Å². The Labute approximate surface area is 209 Å². The molecule has 1 saturated heterocycles. The molecule has 1 fully saturated rings. The number of Topliss-reactive ketones (excluding diaryl/α,β-unsaturated/α-hetero) is 1. The number of hydrogen-bond donors (Lipinski definition) is 1. The van der Waals surface area contributed by atoms with E-state index in [0.717, 1.165) is 42.3 Å². The lowest BCUT2D eigenvalue weighted by Gasteiger charge is -2.31. The van der Waals surface area contributed by atoms with E-state index in [-0.39, 0.29) is 43.0 Å². The molecule has 2 aromatic heterocycles. The van der Waals surface area contributed by atoms with E-state index in [1.54, 1.807) is 6.20 Å². The number of thioether (sulfide) groups is 1. The molecule has 0 unspecified atom stereocenters. The van der Waals surface area contributed by atoms with Gasteiger partial charge in [0, 0.05) is 0 Å². The maximum atomic E-state index is 12.6. The Morgan fingerprint density at radius 2 is 1.79 bits per heavy atom. The fourth-order valence-electron chi connectivity index (χ4n) is 4.32. The van der Waals surface area contributed by atoms with Gasteiger partial charge in [-0.1, -0.05) is 48.2 Å².